The van der Waals surface area contributed by atoms with Crippen molar-refractivity contribution in [3.63, 3.8) is 0 Å². The predicted molar refractivity (Wildman–Crippen MR) is 82.1 cm³/mol. The molecule has 1 aromatic carbocycles. The van der Waals surface area contributed by atoms with Gasteiger partial charge in [0.15, 0.2) is 0 Å². The lowest BCUT2D eigenvalue weighted by molar-refractivity contribution is 0.439. The summed E-state index contributed by atoms with van der Waals surface area (Å²) in [7, 11) is 0. The first-order chi connectivity index (χ1) is 9.16. The van der Waals surface area contributed by atoms with Crippen LogP contribution in [-0.4, -0.2) is 5.16 Å². The highest BCUT2D eigenvalue weighted by Gasteiger charge is 2.19. The summed E-state index contributed by atoms with van der Waals surface area (Å²) in [6.07, 6.45) is 0. The molecule has 2 heterocycles. The molecule has 96 valence electrons. The molecular formula is C14H11BrN2OS. The number of rotatable bonds is 2. The van der Waals surface area contributed by atoms with Crippen molar-refractivity contribution in [3.8, 4) is 21.7 Å². The second kappa shape index (κ2) is 4.83. The number of hydrogen-bond donors (Lipinski definition) is 1. The van der Waals surface area contributed by atoms with Crippen LogP contribution < -0.4 is 5.73 Å². The first-order valence-corrected chi connectivity index (χ1v) is 7.39. The van der Waals surface area contributed by atoms with Crippen molar-refractivity contribution in [2.45, 2.75) is 6.92 Å². The number of thiophene rings is 1. The molecule has 3 rings (SSSR count). The molecule has 0 unspecified atom stereocenters. The van der Waals surface area contributed by atoms with E-state index in [0.29, 0.717) is 5.88 Å². The number of nitrogens with two attached hydrogens (primary N) is 1. The van der Waals surface area contributed by atoms with E-state index in [9.17, 15) is 0 Å². The second-order valence-corrected chi connectivity index (χ2v) is 6.04. The molecule has 5 heteroatoms. The maximum absolute atomic E-state index is 5.93. The first kappa shape index (κ1) is 12.4. The number of benzene rings is 1. The smallest absolute Gasteiger partial charge is 0.230 e. The zero-order valence-electron chi connectivity index (χ0n) is 10.2. The lowest BCUT2D eigenvalue weighted by Gasteiger charge is -2.02. The molecule has 0 aliphatic carbocycles. The Labute approximate surface area is 123 Å². The van der Waals surface area contributed by atoms with E-state index < -0.39 is 0 Å². The zero-order chi connectivity index (χ0) is 13.4. The third-order valence-electron chi connectivity index (χ3n) is 2.93. The number of nitrogen functional groups attached to an aromatic ring is 1. The minimum atomic E-state index is 0.352. The minimum absolute atomic E-state index is 0.352. The third-order valence-corrected chi connectivity index (χ3v) is 4.48. The highest BCUT2D eigenvalue weighted by atomic mass is 79.9. The Morgan fingerprint density at radius 2 is 1.95 bits per heavy atom. The fourth-order valence-corrected chi connectivity index (χ4v) is 3.15. The summed E-state index contributed by atoms with van der Waals surface area (Å²) in [6.45, 7) is 2.06. The Hall–Kier alpha value is -1.59. The van der Waals surface area contributed by atoms with Gasteiger partial charge in [-0.2, -0.15) is 0 Å². The fourth-order valence-electron chi connectivity index (χ4n) is 1.97. The summed E-state index contributed by atoms with van der Waals surface area (Å²) in [5.74, 6) is 0.352. The summed E-state index contributed by atoms with van der Waals surface area (Å²) in [6, 6.07) is 10.0. The van der Waals surface area contributed by atoms with Crippen LogP contribution in [-0.2, 0) is 0 Å². The Morgan fingerprint density at radius 3 is 2.58 bits per heavy atom. The van der Waals surface area contributed by atoms with Crippen molar-refractivity contribution >= 4 is 33.2 Å². The van der Waals surface area contributed by atoms with Gasteiger partial charge in [-0.25, -0.2) is 0 Å². The summed E-state index contributed by atoms with van der Waals surface area (Å²) in [4.78, 5) is 1.10. The number of nitrogens with zero attached hydrogens (tertiary/aromatic N) is 1. The van der Waals surface area contributed by atoms with E-state index in [1.165, 1.54) is 5.56 Å². The average Bonchev–Trinajstić information content (AvgIpc) is 2.97. The molecular weight excluding hydrogens is 324 g/mol. The van der Waals surface area contributed by atoms with Crippen LogP contribution >= 0.6 is 27.3 Å². The minimum Gasteiger partial charge on any atom is -0.367 e. The Bertz CT molecular complexity index is 715. The molecule has 0 atom stereocenters. The topological polar surface area (TPSA) is 52.0 Å². The van der Waals surface area contributed by atoms with Crippen molar-refractivity contribution in [2.24, 2.45) is 0 Å². The van der Waals surface area contributed by atoms with E-state index in [2.05, 4.69) is 34.1 Å². The Kier molecular flexibility index (Phi) is 3.16. The van der Waals surface area contributed by atoms with Gasteiger partial charge in [0.2, 0.25) is 5.88 Å². The maximum Gasteiger partial charge on any atom is 0.230 e. The summed E-state index contributed by atoms with van der Waals surface area (Å²) >= 11 is 5.07. The van der Waals surface area contributed by atoms with Crippen molar-refractivity contribution in [2.75, 3.05) is 5.73 Å². The van der Waals surface area contributed by atoms with Crippen molar-refractivity contribution in [1.82, 2.24) is 5.16 Å². The van der Waals surface area contributed by atoms with Gasteiger partial charge in [-0.15, -0.1) is 11.3 Å². The number of anilines is 1. The van der Waals surface area contributed by atoms with Gasteiger partial charge >= 0.3 is 0 Å². The highest BCUT2D eigenvalue weighted by molar-refractivity contribution is 9.10. The van der Waals surface area contributed by atoms with Crippen LogP contribution in [0.4, 0.5) is 5.88 Å². The molecule has 0 saturated heterocycles. The molecule has 2 N–H and O–H groups in total. The van der Waals surface area contributed by atoms with Gasteiger partial charge in [-0.1, -0.05) is 33.2 Å². The molecule has 0 spiro atoms. The van der Waals surface area contributed by atoms with Gasteiger partial charge in [0.1, 0.15) is 5.69 Å². The monoisotopic (exact) mass is 334 g/mol. The van der Waals surface area contributed by atoms with Crippen molar-refractivity contribution < 1.29 is 4.52 Å². The van der Waals surface area contributed by atoms with Gasteiger partial charge in [0.25, 0.3) is 0 Å². The Morgan fingerprint density at radius 1 is 1.21 bits per heavy atom. The Balaban J connectivity index is 2.19. The molecule has 0 amide bonds. The summed E-state index contributed by atoms with van der Waals surface area (Å²) in [5, 5.41) is 6.16. The number of hydrogen-bond acceptors (Lipinski definition) is 4. The molecule has 0 bridgehead atoms. The molecule has 0 fully saturated rings. The molecule has 19 heavy (non-hydrogen) atoms. The molecule has 3 nitrogen and oxygen atoms in total. The summed E-state index contributed by atoms with van der Waals surface area (Å²) in [5.41, 5.74) is 9.78. The van der Waals surface area contributed by atoms with Crippen LogP contribution in [0.3, 0.4) is 0 Å². The largest absolute Gasteiger partial charge is 0.367 e. The molecule has 0 radical (unpaired) electrons. The van der Waals surface area contributed by atoms with Gasteiger partial charge < -0.3 is 10.3 Å². The second-order valence-electron chi connectivity index (χ2n) is 4.21. The predicted octanol–water partition coefficient (Wildman–Crippen LogP) is 4.72. The van der Waals surface area contributed by atoms with Crippen LogP contribution in [0.2, 0.25) is 0 Å². The average molecular weight is 335 g/mol. The maximum atomic E-state index is 5.93. The van der Waals surface area contributed by atoms with Crippen LogP contribution in [0, 0.1) is 6.92 Å². The van der Waals surface area contributed by atoms with Crippen LogP contribution in [0.5, 0.6) is 0 Å². The SMILES string of the molecule is Cc1ccsc1-c1noc(N)c1-c1ccc(Br)cc1. The van der Waals surface area contributed by atoms with E-state index in [1.54, 1.807) is 11.3 Å². The normalized spacial score (nSPS) is 10.8. The number of halogens is 1. The molecule has 0 aliphatic rings. The van der Waals surface area contributed by atoms with Crippen LogP contribution in [0.1, 0.15) is 5.56 Å². The van der Waals surface area contributed by atoms with Gasteiger partial charge in [0.05, 0.1) is 10.4 Å². The highest BCUT2D eigenvalue weighted by Crippen LogP contribution is 2.39. The van der Waals surface area contributed by atoms with Gasteiger partial charge in [-0.3, -0.25) is 0 Å². The zero-order valence-corrected chi connectivity index (χ0v) is 12.6. The van der Waals surface area contributed by atoms with Crippen molar-refractivity contribution in [1.29, 1.82) is 0 Å². The quantitative estimate of drug-likeness (QED) is 0.737. The van der Waals surface area contributed by atoms with E-state index >= 15 is 0 Å². The van der Waals surface area contributed by atoms with Gasteiger partial charge in [0, 0.05) is 4.47 Å². The van der Waals surface area contributed by atoms with Gasteiger partial charge in [-0.05, 0) is 41.6 Å². The van der Waals surface area contributed by atoms with E-state index in [4.69, 9.17) is 10.3 Å². The molecule has 2 aromatic heterocycles. The fraction of sp³-hybridized carbons (Fsp3) is 0.0714. The molecule has 0 aliphatic heterocycles. The van der Waals surface area contributed by atoms with Crippen LogP contribution in [0.25, 0.3) is 21.7 Å². The van der Waals surface area contributed by atoms with E-state index in [1.807, 2.05) is 29.6 Å². The number of aryl methyl sites for hydroxylation is 1. The third kappa shape index (κ3) is 2.19. The van der Waals surface area contributed by atoms with E-state index in [-0.39, 0.29) is 0 Å². The number of aromatic nitrogens is 1. The molecule has 0 saturated carbocycles. The lowest BCUT2D eigenvalue weighted by atomic mass is 10.0. The van der Waals surface area contributed by atoms with Crippen molar-refractivity contribution in [3.05, 3.63) is 45.7 Å². The van der Waals surface area contributed by atoms with E-state index in [0.717, 1.165) is 26.2 Å². The standard InChI is InChI=1S/C14H11BrN2OS/c1-8-6-7-19-13(8)12-11(14(16)18-17-12)9-2-4-10(15)5-3-9/h2-7H,16H2,1H3. The summed E-state index contributed by atoms with van der Waals surface area (Å²) < 4.78 is 6.21. The molecule has 3 aromatic rings. The van der Waals surface area contributed by atoms with Crippen LogP contribution in [0.15, 0.2) is 44.7 Å². The lowest BCUT2D eigenvalue weighted by Crippen LogP contribution is -1.87. The first-order valence-electron chi connectivity index (χ1n) is 5.72.